The molecule has 4 aromatic rings. The van der Waals surface area contributed by atoms with Gasteiger partial charge in [0, 0.05) is 24.0 Å². The molecule has 0 aliphatic carbocycles. The van der Waals surface area contributed by atoms with Crippen LogP contribution in [-0.2, 0) is 6.18 Å². The van der Waals surface area contributed by atoms with Crippen LogP contribution in [0, 0.1) is 11.8 Å². The Balaban J connectivity index is 1.72. The second kappa shape index (κ2) is 7.21. The first-order valence-electron chi connectivity index (χ1n) is 10.4. The fourth-order valence-electron chi connectivity index (χ4n) is 4.65. The molecule has 3 heterocycles. The van der Waals surface area contributed by atoms with Crippen molar-refractivity contribution in [2.45, 2.75) is 26.4 Å². The molecule has 1 saturated heterocycles. The van der Waals surface area contributed by atoms with Crippen molar-refractivity contribution < 1.29 is 13.2 Å². The molecule has 1 aliphatic heterocycles. The van der Waals surface area contributed by atoms with E-state index in [1.165, 1.54) is 12.5 Å². The number of piperidine rings is 1. The monoisotopic (exact) mass is 425 g/mol. The molecule has 2 aromatic heterocycles. The summed E-state index contributed by atoms with van der Waals surface area (Å²) in [5.74, 6) is 1.90. The SMILES string of the molecule is C[C@@H]1C[C@H](C)CN(c2nc3c(-c4cccc(C(F)(F)F)c4)nnn3c3ccccc23)C1. The Labute approximate surface area is 177 Å². The molecule has 1 fully saturated rings. The van der Waals surface area contributed by atoms with Crippen LogP contribution in [0.2, 0.25) is 0 Å². The van der Waals surface area contributed by atoms with Gasteiger partial charge in [0.25, 0.3) is 0 Å². The minimum Gasteiger partial charge on any atom is -0.355 e. The van der Waals surface area contributed by atoms with Gasteiger partial charge < -0.3 is 4.90 Å². The predicted molar refractivity (Wildman–Crippen MR) is 114 cm³/mol. The number of nitrogens with zero attached hydrogens (tertiary/aromatic N) is 5. The Bertz CT molecular complexity index is 1250. The first kappa shape index (κ1) is 19.8. The average molecular weight is 425 g/mol. The summed E-state index contributed by atoms with van der Waals surface area (Å²) in [5, 5.41) is 9.41. The van der Waals surface area contributed by atoms with Crippen molar-refractivity contribution in [3.05, 3.63) is 54.1 Å². The number of rotatable bonds is 2. The molecular formula is C23H22F3N5. The summed E-state index contributed by atoms with van der Waals surface area (Å²) < 4.78 is 41.4. The van der Waals surface area contributed by atoms with E-state index in [-0.39, 0.29) is 0 Å². The third-order valence-corrected chi connectivity index (χ3v) is 5.86. The zero-order valence-electron chi connectivity index (χ0n) is 17.3. The van der Waals surface area contributed by atoms with Gasteiger partial charge in [-0.2, -0.15) is 17.7 Å². The molecule has 0 saturated carbocycles. The van der Waals surface area contributed by atoms with E-state index in [2.05, 4.69) is 29.1 Å². The number of anilines is 1. The Morgan fingerprint density at radius 1 is 0.968 bits per heavy atom. The van der Waals surface area contributed by atoms with Crippen LogP contribution in [0.3, 0.4) is 0 Å². The number of hydrogen-bond donors (Lipinski definition) is 0. The summed E-state index contributed by atoms with van der Waals surface area (Å²) in [6, 6.07) is 13.0. The molecule has 0 N–H and O–H groups in total. The molecular weight excluding hydrogens is 403 g/mol. The molecule has 0 spiro atoms. The van der Waals surface area contributed by atoms with Gasteiger partial charge >= 0.3 is 6.18 Å². The minimum atomic E-state index is -4.43. The Morgan fingerprint density at radius 3 is 2.45 bits per heavy atom. The van der Waals surface area contributed by atoms with Crippen LogP contribution < -0.4 is 4.90 Å². The van der Waals surface area contributed by atoms with Crippen LogP contribution >= 0.6 is 0 Å². The molecule has 5 rings (SSSR count). The molecule has 160 valence electrons. The molecule has 8 heteroatoms. The lowest BCUT2D eigenvalue weighted by molar-refractivity contribution is -0.137. The quantitative estimate of drug-likeness (QED) is 0.429. The molecule has 2 aromatic carbocycles. The van der Waals surface area contributed by atoms with Crippen molar-refractivity contribution in [1.82, 2.24) is 19.8 Å². The maximum atomic E-state index is 13.2. The number of para-hydroxylation sites is 1. The van der Waals surface area contributed by atoms with Gasteiger partial charge in [0.05, 0.1) is 11.1 Å². The number of halogens is 3. The fraction of sp³-hybridized carbons (Fsp3) is 0.348. The molecule has 1 aliphatic rings. The van der Waals surface area contributed by atoms with Gasteiger partial charge in [0.2, 0.25) is 0 Å². The fourth-order valence-corrected chi connectivity index (χ4v) is 4.65. The topological polar surface area (TPSA) is 46.3 Å². The number of alkyl halides is 3. The van der Waals surface area contributed by atoms with E-state index in [9.17, 15) is 13.2 Å². The van der Waals surface area contributed by atoms with E-state index in [1.807, 2.05) is 24.3 Å². The van der Waals surface area contributed by atoms with Crippen molar-refractivity contribution in [1.29, 1.82) is 0 Å². The van der Waals surface area contributed by atoms with Crippen LogP contribution in [0.1, 0.15) is 25.8 Å². The summed E-state index contributed by atoms with van der Waals surface area (Å²) in [6.45, 7) is 6.24. The van der Waals surface area contributed by atoms with Crippen LogP contribution in [0.25, 0.3) is 27.8 Å². The number of benzene rings is 2. The Hall–Kier alpha value is -3.16. The lowest BCUT2D eigenvalue weighted by atomic mass is 9.92. The standard InChI is InChI=1S/C23H22F3N5/c1-14-10-15(2)13-30(12-14)21-18-8-3-4-9-19(18)31-22(27-21)20(28-29-31)16-6-5-7-17(11-16)23(24,25)26/h3-9,11,14-15H,10,12-13H2,1-2H3/t14-,15+. The highest BCUT2D eigenvalue weighted by Crippen LogP contribution is 2.35. The van der Waals surface area contributed by atoms with Crippen molar-refractivity contribution in [3.8, 4) is 11.3 Å². The molecule has 2 atom stereocenters. The second-order valence-corrected chi connectivity index (χ2v) is 8.56. The zero-order valence-corrected chi connectivity index (χ0v) is 17.3. The van der Waals surface area contributed by atoms with Crippen LogP contribution in [-0.4, -0.2) is 32.9 Å². The summed E-state index contributed by atoms with van der Waals surface area (Å²) >= 11 is 0. The number of hydrogen-bond acceptors (Lipinski definition) is 4. The summed E-state index contributed by atoms with van der Waals surface area (Å²) in [6.07, 6.45) is -3.26. The highest BCUT2D eigenvalue weighted by molar-refractivity contribution is 5.93. The van der Waals surface area contributed by atoms with E-state index >= 15 is 0 Å². The van der Waals surface area contributed by atoms with Gasteiger partial charge in [-0.05, 0) is 42.5 Å². The third kappa shape index (κ3) is 3.49. The molecule has 0 amide bonds. The van der Waals surface area contributed by atoms with Crippen LogP contribution in [0.15, 0.2) is 48.5 Å². The Morgan fingerprint density at radius 2 is 1.71 bits per heavy atom. The minimum absolute atomic E-state index is 0.344. The third-order valence-electron chi connectivity index (χ3n) is 5.86. The zero-order chi connectivity index (χ0) is 21.8. The molecule has 5 nitrogen and oxygen atoms in total. The van der Waals surface area contributed by atoms with E-state index < -0.39 is 11.7 Å². The molecule has 0 unspecified atom stereocenters. The maximum Gasteiger partial charge on any atom is 0.416 e. The van der Waals surface area contributed by atoms with E-state index in [0.717, 1.165) is 41.9 Å². The Kier molecular flexibility index (Phi) is 4.60. The van der Waals surface area contributed by atoms with E-state index in [1.54, 1.807) is 10.6 Å². The van der Waals surface area contributed by atoms with Gasteiger partial charge in [0.1, 0.15) is 11.5 Å². The summed E-state index contributed by atoms with van der Waals surface area (Å²) in [7, 11) is 0. The molecule has 0 radical (unpaired) electrons. The molecule has 31 heavy (non-hydrogen) atoms. The van der Waals surface area contributed by atoms with Gasteiger partial charge in [0.15, 0.2) is 5.65 Å². The molecule has 0 bridgehead atoms. The predicted octanol–water partition coefficient (Wildman–Crippen LogP) is 5.45. The van der Waals surface area contributed by atoms with Crippen molar-refractivity contribution in [3.63, 3.8) is 0 Å². The van der Waals surface area contributed by atoms with E-state index in [0.29, 0.717) is 28.7 Å². The second-order valence-electron chi connectivity index (χ2n) is 8.56. The van der Waals surface area contributed by atoms with Gasteiger partial charge in [-0.15, -0.1) is 5.10 Å². The largest absolute Gasteiger partial charge is 0.416 e. The van der Waals surface area contributed by atoms with Crippen LogP contribution in [0.5, 0.6) is 0 Å². The van der Waals surface area contributed by atoms with Crippen LogP contribution in [0.4, 0.5) is 19.0 Å². The van der Waals surface area contributed by atoms with E-state index in [4.69, 9.17) is 4.98 Å². The van der Waals surface area contributed by atoms with Crippen molar-refractivity contribution in [2.24, 2.45) is 11.8 Å². The van der Waals surface area contributed by atoms with Gasteiger partial charge in [-0.1, -0.05) is 43.3 Å². The first-order valence-corrected chi connectivity index (χ1v) is 10.4. The first-order chi connectivity index (χ1) is 14.8. The smallest absolute Gasteiger partial charge is 0.355 e. The van der Waals surface area contributed by atoms with Crippen molar-refractivity contribution >= 4 is 22.4 Å². The lowest BCUT2D eigenvalue weighted by Crippen LogP contribution is -2.39. The average Bonchev–Trinajstić information content (AvgIpc) is 3.16. The number of fused-ring (bicyclic) bond motifs is 3. The van der Waals surface area contributed by atoms with Crippen molar-refractivity contribution in [2.75, 3.05) is 18.0 Å². The highest BCUT2D eigenvalue weighted by atomic mass is 19.4. The maximum absolute atomic E-state index is 13.2. The lowest BCUT2D eigenvalue weighted by Gasteiger charge is -2.36. The summed E-state index contributed by atoms with van der Waals surface area (Å²) in [5.41, 5.74) is 1.26. The summed E-state index contributed by atoms with van der Waals surface area (Å²) in [4.78, 5) is 7.19. The number of aromatic nitrogens is 4. The normalized spacial score (nSPS) is 20.0. The highest BCUT2D eigenvalue weighted by Gasteiger charge is 2.31. The van der Waals surface area contributed by atoms with Gasteiger partial charge in [-0.3, -0.25) is 0 Å². The van der Waals surface area contributed by atoms with Gasteiger partial charge in [-0.25, -0.2) is 4.98 Å².